The predicted octanol–water partition coefficient (Wildman–Crippen LogP) is 3.00. The van der Waals surface area contributed by atoms with Crippen LogP contribution in [0.5, 0.6) is 0 Å². The highest BCUT2D eigenvalue weighted by Gasteiger charge is 2.14. The van der Waals surface area contributed by atoms with Crippen molar-refractivity contribution in [2.45, 2.75) is 37.1 Å². The lowest BCUT2D eigenvalue weighted by molar-refractivity contribution is 0.573. The van der Waals surface area contributed by atoms with Gasteiger partial charge in [-0.1, -0.05) is 24.4 Å². The largest absolute Gasteiger partial charge is 0.326 e. The molecule has 0 aliphatic heterocycles. The van der Waals surface area contributed by atoms with Gasteiger partial charge in [-0.25, -0.2) is 13.1 Å². The molecule has 0 spiro atoms. The second-order valence-corrected chi connectivity index (χ2v) is 7.92. The Morgan fingerprint density at radius 1 is 1.24 bits per heavy atom. The van der Waals surface area contributed by atoms with Gasteiger partial charge in [0.25, 0.3) is 0 Å². The summed E-state index contributed by atoms with van der Waals surface area (Å²) in [5.41, 5.74) is 6.18. The van der Waals surface area contributed by atoms with E-state index >= 15 is 0 Å². The third-order valence-corrected chi connectivity index (χ3v) is 5.64. The SMILES string of the molecule is CSCCCCCCNS(=O)(=O)c1ccc(Cl)c(CN)c1. The molecule has 4 nitrogen and oxygen atoms in total. The van der Waals surface area contributed by atoms with E-state index in [1.165, 1.54) is 24.3 Å². The molecule has 1 aromatic carbocycles. The van der Waals surface area contributed by atoms with E-state index in [4.69, 9.17) is 17.3 Å². The number of nitrogens with two attached hydrogens (primary N) is 1. The molecule has 0 amide bonds. The normalized spacial score (nSPS) is 11.8. The summed E-state index contributed by atoms with van der Waals surface area (Å²) in [5.74, 6) is 1.17. The predicted molar refractivity (Wildman–Crippen MR) is 91.4 cm³/mol. The number of sulfonamides is 1. The molecule has 0 bridgehead atoms. The zero-order valence-corrected chi connectivity index (χ0v) is 14.7. The molecule has 0 saturated carbocycles. The van der Waals surface area contributed by atoms with Crippen molar-refractivity contribution in [3.8, 4) is 0 Å². The van der Waals surface area contributed by atoms with Crippen LogP contribution in [0.15, 0.2) is 23.1 Å². The van der Waals surface area contributed by atoms with E-state index in [2.05, 4.69) is 11.0 Å². The Bertz CT molecular complexity index is 536. The maximum atomic E-state index is 12.1. The van der Waals surface area contributed by atoms with E-state index in [1.807, 2.05) is 11.8 Å². The van der Waals surface area contributed by atoms with Gasteiger partial charge in [0.05, 0.1) is 4.90 Å². The summed E-state index contributed by atoms with van der Waals surface area (Å²) in [7, 11) is -3.48. The minimum absolute atomic E-state index is 0.217. The average Bonchev–Trinajstić information content (AvgIpc) is 2.46. The summed E-state index contributed by atoms with van der Waals surface area (Å²) in [6.07, 6.45) is 6.31. The zero-order chi connectivity index (χ0) is 15.7. The number of hydrogen-bond donors (Lipinski definition) is 2. The van der Waals surface area contributed by atoms with Crippen LogP contribution in [0.2, 0.25) is 5.02 Å². The van der Waals surface area contributed by atoms with Crippen molar-refractivity contribution in [2.24, 2.45) is 5.73 Å². The number of hydrogen-bond acceptors (Lipinski definition) is 4. The minimum atomic E-state index is -3.48. The van der Waals surface area contributed by atoms with Gasteiger partial charge in [0.1, 0.15) is 0 Å². The number of benzene rings is 1. The number of nitrogens with one attached hydrogen (secondary N) is 1. The Hall–Kier alpha value is -0.270. The molecule has 7 heteroatoms. The molecule has 1 aromatic rings. The van der Waals surface area contributed by atoms with Gasteiger partial charge in [-0.3, -0.25) is 0 Å². The van der Waals surface area contributed by atoms with Crippen LogP contribution in [0.4, 0.5) is 0 Å². The molecule has 0 aliphatic carbocycles. The first-order valence-electron chi connectivity index (χ1n) is 6.98. The lowest BCUT2D eigenvalue weighted by Gasteiger charge is -2.09. The third-order valence-electron chi connectivity index (χ3n) is 3.11. The molecular formula is C14H23ClN2O2S2. The van der Waals surface area contributed by atoms with Crippen molar-refractivity contribution in [2.75, 3.05) is 18.6 Å². The number of halogens is 1. The van der Waals surface area contributed by atoms with Crippen LogP contribution < -0.4 is 10.5 Å². The van der Waals surface area contributed by atoms with Crippen LogP contribution >= 0.6 is 23.4 Å². The third kappa shape index (κ3) is 6.57. The fourth-order valence-electron chi connectivity index (χ4n) is 1.89. The number of unbranched alkanes of at least 4 members (excludes halogenated alkanes) is 3. The Balaban J connectivity index is 2.46. The van der Waals surface area contributed by atoms with E-state index in [-0.39, 0.29) is 11.4 Å². The first-order chi connectivity index (χ1) is 10.0. The Kier molecular flexibility index (Phi) is 8.66. The van der Waals surface area contributed by atoms with Gasteiger partial charge in [0, 0.05) is 18.1 Å². The summed E-state index contributed by atoms with van der Waals surface area (Å²) in [4.78, 5) is 0.217. The van der Waals surface area contributed by atoms with Crippen molar-refractivity contribution in [1.82, 2.24) is 4.72 Å². The average molecular weight is 351 g/mol. The summed E-state index contributed by atoms with van der Waals surface area (Å²) in [5, 5.41) is 0.491. The Labute approximate surface area is 136 Å². The summed E-state index contributed by atoms with van der Waals surface area (Å²) in [6, 6.07) is 4.60. The smallest absolute Gasteiger partial charge is 0.240 e. The van der Waals surface area contributed by atoms with Gasteiger partial charge in [-0.15, -0.1) is 0 Å². The standard InChI is InChI=1S/C14H23ClN2O2S2/c1-20-9-5-3-2-4-8-17-21(18,19)13-6-7-14(15)12(10-13)11-16/h6-7,10,17H,2-5,8-9,11,16H2,1H3. The van der Waals surface area contributed by atoms with Crippen molar-refractivity contribution >= 4 is 33.4 Å². The molecule has 0 heterocycles. The topological polar surface area (TPSA) is 72.2 Å². The van der Waals surface area contributed by atoms with E-state index in [0.717, 1.165) is 19.3 Å². The van der Waals surface area contributed by atoms with Crippen LogP contribution in [-0.4, -0.2) is 27.0 Å². The van der Waals surface area contributed by atoms with Crippen LogP contribution in [0.3, 0.4) is 0 Å². The maximum absolute atomic E-state index is 12.1. The molecule has 0 saturated heterocycles. The lowest BCUT2D eigenvalue weighted by atomic mass is 10.2. The van der Waals surface area contributed by atoms with E-state index in [9.17, 15) is 8.42 Å². The first kappa shape index (κ1) is 18.8. The highest BCUT2D eigenvalue weighted by Crippen LogP contribution is 2.20. The molecule has 0 fully saturated rings. The van der Waals surface area contributed by atoms with Crippen molar-refractivity contribution in [3.05, 3.63) is 28.8 Å². The summed E-state index contributed by atoms with van der Waals surface area (Å²) < 4.78 is 26.9. The van der Waals surface area contributed by atoms with Crippen molar-refractivity contribution in [3.63, 3.8) is 0 Å². The molecule has 0 aliphatic rings. The van der Waals surface area contributed by atoms with Gasteiger partial charge in [-0.2, -0.15) is 11.8 Å². The van der Waals surface area contributed by atoms with Gasteiger partial charge >= 0.3 is 0 Å². The molecular weight excluding hydrogens is 328 g/mol. The van der Waals surface area contributed by atoms with E-state index in [1.54, 1.807) is 6.07 Å². The number of rotatable bonds is 10. The molecule has 0 aromatic heterocycles. The fourth-order valence-corrected chi connectivity index (χ4v) is 3.70. The van der Waals surface area contributed by atoms with Gasteiger partial charge < -0.3 is 5.73 Å². The molecule has 1 rings (SSSR count). The van der Waals surface area contributed by atoms with E-state index in [0.29, 0.717) is 17.1 Å². The Morgan fingerprint density at radius 3 is 2.62 bits per heavy atom. The van der Waals surface area contributed by atoms with Crippen LogP contribution in [0.1, 0.15) is 31.2 Å². The van der Waals surface area contributed by atoms with E-state index < -0.39 is 10.0 Å². The summed E-state index contributed by atoms with van der Waals surface area (Å²) >= 11 is 7.78. The Morgan fingerprint density at radius 2 is 1.95 bits per heavy atom. The molecule has 120 valence electrons. The van der Waals surface area contributed by atoms with Crippen LogP contribution in [-0.2, 0) is 16.6 Å². The fraction of sp³-hybridized carbons (Fsp3) is 0.571. The first-order valence-corrected chi connectivity index (χ1v) is 10.2. The second-order valence-electron chi connectivity index (χ2n) is 4.76. The van der Waals surface area contributed by atoms with Crippen molar-refractivity contribution in [1.29, 1.82) is 0 Å². The number of thioether (sulfide) groups is 1. The molecule has 3 N–H and O–H groups in total. The van der Waals surface area contributed by atoms with Gasteiger partial charge in [-0.05, 0) is 48.6 Å². The minimum Gasteiger partial charge on any atom is -0.326 e. The van der Waals surface area contributed by atoms with Crippen LogP contribution in [0.25, 0.3) is 0 Å². The highest BCUT2D eigenvalue weighted by molar-refractivity contribution is 7.98. The lowest BCUT2D eigenvalue weighted by Crippen LogP contribution is -2.25. The molecule has 0 atom stereocenters. The summed E-state index contributed by atoms with van der Waals surface area (Å²) in [6.45, 7) is 0.680. The maximum Gasteiger partial charge on any atom is 0.240 e. The van der Waals surface area contributed by atoms with Gasteiger partial charge in [0.2, 0.25) is 10.0 Å². The van der Waals surface area contributed by atoms with Crippen molar-refractivity contribution < 1.29 is 8.42 Å². The quantitative estimate of drug-likeness (QED) is 0.636. The molecule has 21 heavy (non-hydrogen) atoms. The van der Waals surface area contributed by atoms with Crippen LogP contribution in [0, 0.1) is 0 Å². The zero-order valence-electron chi connectivity index (χ0n) is 12.3. The highest BCUT2D eigenvalue weighted by atomic mass is 35.5. The molecule has 0 unspecified atom stereocenters. The molecule has 0 radical (unpaired) electrons. The second kappa shape index (κ2) is 9.69. The van der Waals surface area contributed by atoms with Gasteiger partial charge in [0.15, 0.2) is 0 Å². The monoisotopic (exact) mass is 350 g/mol.